The first-order valence-corrected chi connectivity index (χ1v) is 8.34. The van der Waals surface area contributed by atoms with E-state index in [2.05, 4.69) is 0 Å². The summed E-state index contributed by atoms with van der Waals surface area (Å²) in [5.41, 5.74) is 2.73. The van der Waals surface area contributed by atoms with Crippen LogP contribution in [-0.2, 0) is 5.75 Å². The Bertz CT molecular complexity index is 613. The molecule has 4 heteroatoms. The predicted molar refractivity (Wildman–Crippen MR) is 92.0 cm³/mol. The molecule has 1 N–H and O–H groups in total. The Kier molecular flexibility index (Phi) is 6.04. The van der Waals surface area contributed by atoms with Crippen molar-refractivity contribution in [3.63, 3.8) is 0 Å². The highest BCUT2D eigenvalue weighted by molar-refractivity contribution is 7.98. The van der Waals surface area contributed by atoms with E-state index in [1.54, 1.807) is 30.8 Å². The second-order valence-corrected chi connectivity index (χ2v) is 6.37. The summed E-state index contributed by atoms with van der Waals surface area (Å²) in [7, 11) is 3.50. The Morgan fingerprint density at radius 2 is 1.86 bits per heavy atom. The van der Waals surface area contributed by atoms with E-state index in [-0.39, 0.29) is 5.91 Å². The van der Waals surface area contributed by atoms with Crippen LogP contribution in [0.15, 0.2) is 54.6 Å². The molecule has 0 aromatic heterocycles. The first kappa shape index (κ1) is 16.6. The Labute approximate surface area is 136 Å². The van der Waals surface area contributed by atoms with Gasteiger partial charge in [-0.3, -0.25) is 4.79 Å². The van der Waals surface area contributed by atoms with E-state index in [9.17, 15) is 9.90 Å². The van der Waals surface area contributed by atoms with E-state index in [0.717, 1.165) is 16.9 Å². The van der Waals surface area contributed by atoms with Gasteiger partial charge in [-0.15, -0.1) is 0 Å². The van der Waals surface area contributed by atoms with Crippen LogP contribution >= 0.6 is 11.8 Å². The van der Waals surface area contributed by atoms with Crippen molar-refractivity contribution in [3.8, 4) is 0 Å². The average Bonchev–Trinajstić information content (AvgIpc) is 2.55. The lowest BCUT2D eigenvalue weighted by atomic mass is 10.1. The normalized spacial score (nSPS) is 12.0. The third-order valence-corrected chi connectivity index (χ3v) is 4.40. The van der Waals surface area contributed by atoms with E-state index in [1.165, 1.54) is 0 Å². The average molecular weight is 315 g/mol. The van der Waals surface area contributed by atoms with Crippen molar-refractivity contribution < 1.29 is 9.90 Å². The topological polar surface area (TPSA) is 40.5 Å². The number of hydrogen-bond acceptors (Lipinski definition) is 3. The minimum Gasteiger partial charge on any atom is -0.388 e. The molecule has 0 fully saturated rings. The molecular weight excluding hydrogens is 294 g/mol. The van der Waals surface area contributed by atoms with Crippen molar-refractivity contribution in [2.75, 3.05) is 19.8 Å². The number of thioether (sulfide) groups is 1. The molecule has 2 aromatic rings. The zero-order chi connectivity index (χ0) is 15.9. The lowest BCUT2D eigenvalue weighted by molar-refractivity contribution is 0.0827. The van der Waals surface area contributed by atoms with E-state index in [4.69, 9.17) is 0 Å². The van der Waals surface area contributed by atoms with Crippen molar-refractivity contribution in [1.29, 1.82) is 0 Å². The maximum Gasteiger partial charge on any atom is 0.253 e. The summed E-state index contributed by atoms with van der Waals surface area (Å²) in [5, 5.41) is 10.1. The van der Waals surface area contributed by atoms with E-state index in [0.29, 0.717) is 11.3 Å². The molecule has 3 nitrogen and oxygen atoms in total. The van der Waals surface area contributed by atoms with Crippen molar-refractivity contribution >= 4 is 17.7 Å². The van der Waals surface area contributed by atoms with Gasteiger partial charge in [0.2, 0.25) is 0 Å². The van der Waals surface area contributed by atoms with Gasteiger partial charge in [0.15, 0.2) is 0 Å². The van der Waals surface area contributed by atoms with Crippen LogP contribution in [0.2, 0.25) is 0 Å². The number of hydrogen-bond donors (Lipinski definition) is 1. The van der Waals surface area contributed by atoms with Crippen LogP contribution in [0.25, 0.3) is 0 Å². The summed E-state index contributed by atoms with van der Waals surface area (Å²) in [6, 6.07) is 17.3. The Morgan fingerprint density at radius 1 is 1.14 bits per heavy atom. The van der Waals surface area contributed by atoms with Crippen LogP contribution < -0.4 is 0 Å². The number of nitrogens with zero attached hydrogens (tertiary/aromatic N) is 1. The fourth-order valence-electron chi connectivity index (χ4n) is 2.11. The monoisotopic (exact) mass is 315 g/mol. The van der Waals surface area contributed by atoms with Gasteiger partial charge in [0.05, 0.1) is 6.10 Å². The molecule has 0 aliphatic carbocycles. The van der Waals surface area contributed by atoms with Crippen LogP contribution in [0.5, 0.6) is 0 Å². The van der Waals surface area contributed by atoms with Crippen molar-refractivity contribution in [3.05, 3.63) is 71.3 Å². The van der Waals surface area contributed by atoms with E-state index in [1.807, 2.05) is 54.6 Å². The molecule has 0 heterocycles. The van der Waals surface area contributed by atoms with Crippen molar-refractivity contribution in [1.82, 2.24) is 4.90 Å². The smallest absolute Gasteiger partial charge is 0.253 e. The number of carbonyl (C=O) groups is 1. The molecule has 1 unspecified atom stereocenters. The Morgan fingerprint density at radius 3 is 2.55 bits per heavy atom. The van der Waals surface area contributed by atoms with Gasteiger partial charge >= 0.3 is 0 Å². The standard InChI is InChI=1S/C18H21NO2S/c1-19(2)18(21)16-10-6-7-14(11-16)12-22-13-17(20)15-8-4-3-5-9-15/h3-11,17,20H,12-13H2,1-2H3. The molecule has 1 amide bonds. The summed E-state index contributed by atoms with van der Waals surface area (Å²) < 4.78 is 0. The van der Waals surface area contributed by atoms with Crippen LogP contribution in [0.3, 0.4) is 0 Å². The molecule has 0 saturated heterocycles. The zero-order valence-corrected chi connectivity index (χ0v) is 13.7. The minimum atomic E-state index is -0.460. The van der Waals surface area contributed by atoms with Gasteiger partial charge in [-0.05, 0) is 23.3 Å². The fraction of sp³-hybridized carbons (Fsp3) is 0.278. The maximum absolute atomic E-state index is 11.9. The summed E-state index contributed by atoms with van der Waals surface area (Å²) in [6.45, 7) is 0. The maximum atomic E-state index is 11.9. The van der Waals surface area contributed by atoms with Gasteiger partial charge in [-0.25, -0.2) is 0 Å². The molecule has 22 heavy (non-hydrogen) atoms. The van der Waals surface area contributed by atoms with Gasteiger partial charge in [-0.1, -0.05) is 42.5 Å². The molecule has 0 bridgehead atoms. The van der Waals surface area contributed by atoms with Crippen molar-refractivity contribution in [2.24, 2.45) is 0 Å². The molecule has 116 valence electrons. The molecule has 0 radical (unpaired) electrons. The van der Waals surface area contributed by atoms with Gasteiger partial charge in [0.1, 0.15) is 0 Å². The largest absolute Gasteiger partial charge is 0.388 e. The van der Waals surface area contributed by atoms with E-state index >= 15 is 0 Å². The molecule has 0 saturated carbocycles. The first-order chi connectivity index (χ1) is 10.6. The summed E-state index contributed by atoms with van der Waals surface area (Å²) in [6.07, 6.45) is -0.460. The third kappa shape index (κ3) is 4.61. The molecule has 0 aliphatic rings. The van der Waals surface area contributed by atoms with Gasteiger partial charge in [-0.2, -0.15) is 11.8 Å². The number of carbonyl (C=O) groups excluding carboxylic acids is 1. The van der Waals surface area contributed by atoms with Crippen LogP contribution in [0, 0.1) is 0 Å². The Balaban J connectivity index is 1.89. The predicted octanol–water partition coefficient (Wildman–Crippen LogP) is 3.36. The third-order valence-electron chi connectivity index (χ3n) is 3.31. The second kappa shape index (κ2) is 8.01. The molecule has 0 aliphatic heterocycles. The Hall–Kier alpha value is -1.78. The van der Waals surface area contributed by atoms with E-state index < -0.39 is 6.10 Å². The summed E-state index contributed by atoms with van der Waals surface area (Å²) in [4.78, 5) is 13.5. The lowest BCUT2D eigenvalue weighted by Gasteiger charge is -2.12. The highest BCUT2D eigenvalue weighted by Gasteiger charge is 2.09. The molecule has 0 spiro atoms. The lowest BCUT2D eigenvalue weighted by Crippen LogP contribution is -2.21. The van der Waals surface area contributed by atoms with Gasteiger partial charge in [0, 0.05) is 31.2 Å². The van der Waals surface area contributed by atoms with Crippen molar-refractivity contribution in [2.45, 2.75) is 11.9 Å². The SMILES string of the molecule is CN(C)C(=O)c1cccc(CSCC(O)c2ccccc2)c1. The minimum absolute atomic E-state index is 0.0103. The van der Waals surface area contributed by atoms with Crippen LogP contribution in [0.4, 0.5) is 0 Å². The molecular formula is C18H21NO2S. The fourth-order valence-corrected chi connectivity index (χ4v) is 3.06. The highest BCUT2D eigenvalue weighted by atomic mass is 32.2. The quantitative estimate of drug-likeness (QED) is 0.888. The first-order valence-electron chi connectivity index (χ1n) is 7.19. The second-order valence-electron chi connectivity index (χ2n) is 5.34. The number of rotatable bonds is 6. The number of aliphatic hydroxyl groups is 1. The highest BCUT2D eigenvalue weighted by Crippen LogP contribution is 2.21. The summed E-state index contributed by atoms with van der Waals surface area (Å²) in [5.74, 6) is 1.42. The molecule has 1 atom stereocenters. The number of amides is 1. The zero-order valence-electron chi connectivity index (χ0n) is 12.9. The number of aliphatic hydroxyl groups excluding tert-OH is 1. The van der Waals surface area contributed by atoms with Gasteiger partial charge in [0.25, 0.3) is 5.91 Å². The van der Waals surface area contributed by atoms with Gasteiger partial charge < -0.3 is 10.0 Å². The molecule has 2 aromatic carbocycles. The van der Waals surface area contributed by atoms with Crippen LogP contribution in [-0.4, -0.2) is 35.8 Å². The number of benzene rings is 2. The van der Waals surface area contributed by atoms with Crippen LogP contribution in [0.1, 0.15) is 27.6 Å². The summed E-state index contributed by atoms with van der Waals surface area (Å²) >= 11 is 1.66. The molecule has 2 rings (SSSR count).